The zero-order valence-corrected chi connectivity index (χ0v) is 16.8. The van der Waals surface area contributed by atoms with E-state index in [0.29, 0.717) is 29.5 Å². The number of benzene rings is 2. The van der Waals surface area contributed by atoms with E-state index in [4.69, 9.17) is 15.5 Å². The van der Waals surface area contributed by atoms with Crippen LogP contribution in [0.1, 0.15) is 18.4 Å². The monoisotopic (exact) mass is 401 g/mol. The summed E-state index contributed by atoms with van der Waals surface area (Å²) in [6.07, 6.45) is 1.84. The Morgan fingerprint density at radius 3 is 2.63 bits per heavy atom. The molecule has 4 rings (SSSR count). The summed E-state index contributed by atoms with van der Waals surface area (Å²) in [6, 6.07) is 18.5. The highest BCUT2D eigenvalue weighted by molar-refractivity contribution is 5.63. The van der Waals surface area contributed by atoms with Crippen molar-refractivity contribution < 1.29 is 4.74 Å². The van der Waals surface area contributed by atoms with Crippen molar-refractivity contribution in [2.45, 2.75) is 18.9 Å². The van der Waals surface area contributed by atoms with Crippen LogP contribution in [0.15, 0.2) is 59.4 Å². The summed E-state index contributed by atoms with van der Waals surface area (Å²) in [5, 5.41) is 9.41. The highest BCUT2D eigenvalue weighted by Crippen LogP contribution is 2.32. The first-order valence-corrected chi connectivity index (χ1v) is 9.92. The van der Waals surface area contributed by atoms with Gasteiger partial charge in [-0.2, -0.15) is 5.26 Å². The van der Waals surface area contributed by atoms with Gasteiger partial charge in [0.05, 0.1) is 5.56 Å². The van der Waals surface area contributed by atoms with Crippen molar-refractivity contribution in [3.63, 3.8) is 0 Å². The standard InChI is InChI=1S/C23H23N5O2/c1-27-21(16-8-3-2-4-9-16)26-22(28-13-7-11-18(25)15-28)20(23(27)29)30-19-12-6-5-10-17(19)14-24/h2-6,8-10,12,18H,7,11,13,15,25H2,1H3. The van der Waals surface area contributed by atoms with Crippen LogP contribution in [0.3, 0.4) is 0 Å². The molecule has 0 amide bonds. The van der Waals surface area contributed by atoms with E-state index in [0.717, 1.165) is 24.9 Å². The fourth-order valence-electron chi connectivity index (χ4n) is 3.68. The van der Waals surface area contributed by atoms with E-state index in [2.05, 4.69) is 6.07 Å². The zero-order chi connectivity index (χ0) is 21.1. The first-order valence-electron chi connectivity index (χ1n) is 9.92. The van der Waals surface area contributed by atoms with E-state index in [1.165, 1.54) is 4.57 Å². The maximum absolute atomic E-state index is 13.4. The number of nitriles is 1. The molecule has 7 heteroatoms. The first-order chi connectivity index (χ1) is 14.6. The minimum Gasteiger partial charge on any atom is -0.446 e. The third kappa shape index (κ3) is 3.78. The van der Waals surface area contributed by atoms with Crippen LogP contribution in [0.5, 0.6) is 11.5 Å². The summed E-state index contributed by atoms with van der Waals surface area (Å²) < 4.78 is 7.50. The summed E-state index contributed by atoms with van der Waals surface area (Å²) in [5.41, 5.74) is 7.07. The summed E-state index contributed by atoms with van der Waals surface area (Å²) in [6.45, 7) is 1.32. The second kappa shape index (κ2) is 8.39. The summed E-state index contributed by atoms with van der Waals surface area (Å²) in [7, 11) is 1.67. The molecule has 3 aromatic rings. The minimum atomic E-state index is -0.314. The average molecular weight is 401 g/mol. The van der Waals surface area contributed by atoms with E-state index < -0.39 is 0 Å². The molecule has 1 fully saturated rings. The summed E-state index contributed by atoms with van der Waals surface area (Å²) in [4.78, 5) is 20.2. The lowest BCUT2D eigenvalue weighted by Gasteiger charge is -2.32. The van der Waals surface area contributed by atoms with Gasteiger partial charge in [0.25, 0.3) is 5.56 Å². The van der Waals surface area contributed by atoms with Gasteiger partial charge in [-0.3, -0.25) is 9.36 Å². The van der Waals surface area contributed by atoms with Crippen molar-refractivity contribution in [3.8, 4) is 29.0 Å². The van der Waals surface area contributed by atoms with Crippen molar-refractivity contribution in [3.05, 3.63) is 70.5 Å². The number of ether oxygens (including phenoxy) is 1. The molecule has 1 aromatic heterocycles. The number of nitrogens with zero attached hydrogens (tertiary/aromatic N) is 4. The van der Waals surface area contributed by atoms with Crippen LogP contribution in [0.2, 0.25) is 0 Å². The molecule has 1 atom stereocenters. The molecule has 0 saturated carbocycles. The lowest BCUT2D eigenvalue weighted by atomic mass is 10.1. The Morgan fingerprint density at radius 2 is 1.90 bits per heavy atom. The van der Waals surface area contributed by atoms with Crippen molar-refractivity contribution in [1.82, 2.24) is 9.55 Å². The number of piperidine rings is 1. The number of para-hydroxylation sites is 1. The smallest absolute Gasteiger partial charge is 0.298 e. The minimum absolute atomic E-state index is 0.00373. The number of hydrogen-bond acceptors (Lipinski definition) is 6. The second-order valence-corrected chi connectivity index (χ2v) is 7.38. The molecule has 1 aliphatic rings. The summed E-state index contributed by atoms with van der Waals surface area (Å²) in [5.74, 6) is 1.44. The molecule has 0 spiro atoms. The topological polar surface area (TPSA) is 97.2 Å². The summed E-state index contributed by atoms with van der Waals surface area (Å²) >= 11 is 0. The molecule has 0 bridgehead atoms. The largest absolute Gasteiger partial charge is 0.446 e. The number of anilines is 1. The molecule has 1 saturated heterocycles. The highest BCUT2D eigenvalue weighted by atomic mass is 16.5. The van der Waals surface area contributed by atoms with Gasteiger partial charge < -0.3 is 15.4 Å². The molecule has 0 radical (unpaired) electrons. The van der Waals surface area contributed by atoms with Gasteiger partial charge in [0.1, 0.15) is 17.6 Å². The van der Waals surface area contributed by atoms with Crippen molar-refractivity contribution in [2.75, 3.05) is 18.0 Å². The van der Waals surface area contributed by atoms with Gasteiger partial charge in [-0.1, -0.05) is 42.5 Å². The maximum atomic E-state index is 13.4. The number of hydrogen-bond donors (Lipinski definition) is 1. The van der Waals surface area contributed by atoms with Gasteiger partial charge in [-0.25, -0.2) is 4.98 Å². The maximum Gasteiger partial charge on any atom is 0.298 e. The predicted molar refractivity (Wildman–Crippen MR) is 116 cm³/mol. The van der Waals surface area contributed by atoms with Gasteiger partial charge in [0.2, 0.25) is 5.75 Å². The van der Waals surface area contributed by atoms with Crippen LogP contribution in [0.4, 0.5) is 5.82 Å². The fourth-order valence-corrected chi connectivity index (χ4v) is 3.68. The Labute approximate surface area is 175 Å². The van der Waals surface area contributed by atoms with E-state index in [1.54, 1.807) is 31.3 Å². The molecule has 1 unspecified atom stereocenters. The van der Waals surface area contributed by atoms with Crippen molar-refractivity contribution in [2.24, 2.45) is 12.8 Å². The first kappa shape index (κ1) is 19.7. The normalized spacial score (nSPS) is 16.2. The lowest BCUT2D eigenvalue weighted by Crippen LogP contribution is -2.44. The van der Waals surface area contributed by atoms with E-state index in [1.807, 2.05) is 35.2 Å². The van der Waals surface area contributed by atoms with Crippen LogP contribution < -0.4 is 20.9 Å². The Kier molecular flexibility index (Phi) is 5.50. The van der Waals surface area contributed by atoms with Gasteiger partial charge >= 0.3 is 0 Å². The number of aromatic nitrogens is 2. The van der Waals surface area contributed by atoms with Crippen LogP contribution in [-0.4, -0.2) is 28.7 Å². The van der Waals surface area contributed by atoms with Gasteiger partial charge in [-0.15, -0.1) is 0 Å². The molecule has 30 heavy (non-hydrogen) atoms. The van der Waals surface area contributed by atoms with Crippen molar-refractivity contribution in [1.29, 1.82) is 5.26 Å². The Bertz CT molecular complexity index is 1150. The Balaban J connectivity index is 1.89. The molecule has 2 heterocycles. The SMILES string of the molecule is Cn1c(-c2ccccc2)nc(N2CCCC(N)C2)c(Oc2ccccc2C#N)c1=O. The zero-order valence-electron chi connectivity index (χ0n) is 16.8. The average Bonchev–Trinajstić information content (AvgIpc) is 2.78. The van der Waals surface area contributed by atoms with E-state index in [-0.39, 0.29) is 17.4 Å². The number of rotatable bonds is 4. The lowest BCUT2D eigenvalue weighted by molar-refractivity contribution is 0.452. The van der Waals surface area contributed by atoms with Crippen LogP contribution in [-0.2, 0) is 7.05 Å². The Morgan fingerprint density at radius 1 is 1.17 bits per heavy atom. The molecule has 1 aliphatic heterocycles. The predicted octanol–water partition coefficient (Wildman–Crippen LogP) is 3.04. The molecule has 2 N–H and O–H groups in total. The van der Waals surface area contributed by atoms with Crippen LogP contribution in [0, 0.1) is 11.3 Å². The van der Waals surface area contributed by atoms with Gasteiger partial charge in [-0.05, 0) is 25.0 Å². The van der Waals surface area contributed by atoms with Gasteiger partial charge in [0, 0.05) is 31.7 Å². The van der Waals surface area contributed by atoms with Crippen LogP contribution >= 0.6 is 0 Å². The molecule has 7 nitrogen and oxygen atoms in total. The van der Waals surface area contributed by atoms with E-state index >= 15 is 0 Å². The molecule has 152 valence electrons. The van der Waals surface area contributed by atoms with Crippen LogP contribution in [0.25, 0.3) is 11.4 Å². The van der Waals surface area contributed by atoms with Gasteiger partial charge in [0.15, 0.2) is 5.82 Å². The number of nitrogens with two attached hydrogens (primary N) is 1. The quantitative estimate of drug-likeness (QED) is 0.722. The third-order valence-electron chi connectivity index (χ3n) is 5.24. The second-order valence-electron chi connectivity index (χ2n) is 7.38. The van der Waals surface area contributed by atoms with E-state index in [9.17, 15) is 10.1 Å². The van der Waals surface area contributed by atoms with Crippen molar-refractivity contribution >= 4 is 5.82 Å². The fraction of sp³-hybridized carbons (Fsp3) is 0.261. The Hall–Kier alpha value is -3.63. The molecular weight excluding hydrogens is 378 g/mol. The third-order valence-corrected chi connectivity index (χ3v) is 5.24. The molecule has 0 aliphatic carbocycles. The molecule has 2 aromatic carbocycles. The molecular formula is C23H23N5O2. The highest BCUT2D eigenvalue weighted by Gasteiger charge is 2.26.